The van der Waals surface area contributed by atoms with E-state index >= 15 is 0 Å². The van der Waals surface area contributed by atoms with Crippen LogP contribution in [0.5, 0.6) is 0 Å². The van der Waals surface area contributed by atoms with Crippen molar-refractivity contribution >= 4 is 40.4 Å². The molecule has 2 bridgehead atoms. The first-order valence-electron chi connectivity index (χ1n) is 10.4. The first-order valence-corrected chi connectivity index (χ1v) is 11.3. The third-order valence-electron chi connectivity index (χ3n) is 5.66. The van der Waals surface area contributed by atoms with E-state index in [1.807, 2.05) is 6.07 Å². The van der Waals surface area contributed by atoms with Gasteiger partial charge in [-0.3, -0.25) is 4.79 Å². The number of carboxylic acid groups (broad SMARTS) is 1. The monoisotopic (exact) mass is 536 g/mol. The number of nitrogens with one attached hydrogen (secondary N) is 2. The number of aromatic nitrogens is 3. The van der Waals surface area contributed by atoms with E-state index < -0.39 is 29.1 Å². The molecule has 6 heterocycles. The third kappa shape index (κ3) is 5.38. The van der Waals surface area contributed by atoms with Crippen LogP contribution in [-0.2, 0) is 11.0 Å². The van der Waals surface area contributed by atoms with Gasteiger partial charge in [-0.25, -0.2) is 14.3 Å². The zero-order valence-electron chi connectivity index (χ0n) is 18.1. The topological polar surface area (TPSA) is 112 Å². The molecule has 3 aliphatic rings. The summed E-state index contributed by atoms with van der Waals surface area (Å²) in [6.07, 6.45) is -4.35. The molecule has 36 heavy (non-hydrogen) atoms. The highest BCUT2D eigenvalue weighted by Gasteiger charge is 2.38. The molecule has 0 aliphatic carbocycles. The van der Waals surface area contributed by atoms with Crippen LogP contribution in [0, 0.1) is 0 Å². The molecule has 3 aromatic heterocycles. The lowest BCUT2D eigenvalue weighted by molar-refractivity contribution is -0.192. The number of rotatable bonds is 3. The van der Waals surface area contributed by atoms with Crippen molar-refractivity contribution in [2.75, 3.05) is 23.3 Å². The van der Waals surface area contributed by atoms with E-state index in [2.05, 4.69) is 25.6 Å². The van der Waals surface area contributed by atoms with Crippen LogP contribution in [0.4, 0.5) is 37.8 Å². The van der Waals surface area contributed by atoms with Gasteiger partial charge in [-0.2, -0.15) is 31.4 Å². The molecule has 16 heteroatoms. The predicted octanol–water partition coefficient (Wildman–Crippen LogP) is 3.64. The average Bonchev–Trinajstić information content (AvgIpc) is 3.46. The summed E-state index contributed by atoms with van der Waals surface area (Å²) >= 11 is 0.539. The van der Waals surface area contributed by atoms with E-state index in [-0.39, 0.29) is 11.3 Å². The fraction of sp³-hybridized carbons (Fsp3) is 0.400. The van der Waals surface area contributed by atoms with Gasteiger partial charge in [0.15, 0.2) is 5.65 Å². The van der Waals surface area contributed by atoms with Crippen LogP contribution in [0.25, 0.3) is 5.65 Å². The molecule has 0 aromatic carbocycles. The molecule has 3 saturated heterocycles. The number of hydrogen-bond donors (Lipinski definition) is 3. The Balaban J connectivity index is 0.000000384. The fourth-order valence-corrected chi connectivity index (χ4v) is 4.71. The average molecular weight is 536 g/mol. The number of anilines is 2. The van der Waals surface area contributed by atoms with Crippen LogP contribution in [0.15, 0.2) is 29.9 Å². The Labute approximate surface area is 202 Å². The van der Waals surface area contributed by atoms with E-state index in [9.17, 15) is 31.1 Å². The number of thiophene rings is 1. The lowest BCUT2D eigenvalue weighted by atomic mass is 9.93. The summed E-state index contributed by atoms with van der Waals surface area (Å²) in [6.45, 7) is 1.73. The molecule has 6 rings (SSSR count). The van der Waals surface area contributed by atoms with Gasteiger partial charge in [-0.1, -0.05) is 0 Å². The van der Waals surface area contributed by atoms with Crippen molar-refractivity contribution < 1.29 is 41.0 Å². The number of carboxylic acids is 1. The second-order valence-corrected chi connectivity index (χ2v) is 8.94. The van der Waals surface area contributed by atoms with E-state index in [0.717, 1.165) is 31.7 Å². The van der Waals surface area contributed by atoms with Gasteiger partial charge in [0.1, 0.15) is 16.3 Å². The molecule has 2 atom stereocenters. The smallest absolute Gasteiger partial charge is 0.475 e. The van der Waals surface area contributed by atoms with Crippen LogP contribution in [0.3, 0.4) is 0 Å². The summed E-state index contributed by atoms with van der Waals surface area (Å²) in [6, 6.07) is 3.86. The molecule has 0 saturated carbocycles. The van der Waals surface area contributed by atoms with E-state index in [0.29, 0.717) is 29.1 Å². The predicted molar refractivity (Wildman–Crippen MR) is 116 cm³/mol. The maximum atomic E-state index is 13.1. The van der Waals surface area contributed by atoms with Crippen LogP contribution in [0.2, 0.25) is 0 Å². The molecule has 2 unspecified atom stereocenters. The second kappa shape index (κ2) is 9.57. The van der Waals surface area contributed by atoms with E-state index in [1.165, 1.54) is 22.2 Å². The van der Waals surface area contributed by atoms with Crippen molar-refractivity contribution in [3.05, 3.63) is 40.3 Å². The van der Waals surface area contributed by atoms with Crippen LogP contribution >= 0.6 is 11.3 Å². The highest BCUT2D eigenvalue weighted by molar-refractivity contribution is 7.10. The Morgan fingerprint density at radius 1 is 1.17 bits per heavy atom. The molecule has 1 amide bonds. The van der Waals surface area contributed by atoms with Crippen molar-refractivity contribution in [1.29, 1.82) is 0 Å². The zero-order valence-corrected chi connectivity index (χ0v) is 18.9. The Bertz CT molecular complexity index is 1260. The van der Waals surface area contributed by atoms with E-state index in [4.69, 9.17) is 9.90 Å². The van der Waals surface area contributed by atoms with E-state index in [1.54, 1.807) is 6.20 Å². The second-order valence-electron chi connectivity index (χ2n) is 8.02. The maximum Gasteiger partial charge on any atom is 0.490 e. The van der Waals surface area contributed by atoms with Crippen molar-refractivity contribution in [1.82, 2.24) is 19.9 Å². The van der Waals surface area contributed by atoms with Crippen molar-refractivity contribution in [2.24, 2.45) is 0 Å². The van der Waals surface area contributed by atoms with Gasteiger partial charge in [0.05, 0.1) is 11.9 Å². The van der Waals surface area contributed by atoms with Gasteiger partial charge in [0.25, 0.3) is 5.91 Å². The largest absolute Gasteiger partial charge is 0.490 e. The Morgan fingerprint density at radius 3 is 2.44 bits per heavy atom. The maximum absolute atomic E-state index is 13.1. The number of alkyl halides is 6. The van der Waals surface area contributed by atoms with Crippen LogP contribution < -0.4 is 15.5 Å². The summed E-state index contributed by atoms with van der Waals surface area (Å²) in [7, 11) is 0. The Hall–Kier alpha value is -3.40. The van der Waals surface area contributed by atoms with Gasteiger partial charge >= 0.3 is 18.3 Å². The molecule has 3 aliphatic heterocycles. The first kappa shape index (κ1) is 25.7. The molecule has 9 nitrogen and oxygen atoms in total. The molecule has 0 spiro atoms. The van der Waals surface area contributed by atoms with Crippen molar-refractivity contribution in [3.8, 4) is 0 Å². The van der Waals surface area contributed by atoms with Crippen molar-refractivity contribution in [3.63, 3.8) is 0 Å². The molecule has 3 aromatic rings. The number of fused-ring (bicyclic) bond motifs is 4. The summed E-state index contributed by atoms with van der Waals surface area (Å²) in [4.78, 5) is 27.6. The minimum atomic E-state index is -5.08. The highest BCUT2D eigenvalue weighted by Crippen LogP contribution is 2.39. The highest BCUT2D eigenvalue weighted by atomic mass is 32.1. The van der Waals surface area contributed by atoms with Gasteiger partial charge in [-0.15, -0.1) is 11.3 Å². The van der Waals surface area contributed by atoms with Gasteiger partial charge < -0.3 is 20.6 Å². The number of hydrogen-bond acceptors (Lipinski definition) is 7. The Morgan fingerprint density at radius 2 is 1.89 bits per heavy atom. The number of carbonyl (C=O) groups is 2. The normalized spacial score (nSPS) is 19.7. The lowest BCUT2D eigenvalue weighted by Crippen LogP contribution is -2.61. The number of nitrogens with zero attached hydrogens (tertiary/aromatic N) is 4. The molecule has 194 valence electrons. The first-order chi connectivity index (χ1) is 16.8. The number of halogens is 6. The quantitative estimate of drug-likeness (QED) is 0.439. The molecule has 0 radical (unpaired) electrons. The summed E-state index contributed by atoms with van der Waals surface area (Å²) in [5.74, 6) is -2.68. The number of carbonyl (C=O) groups excluding carboxylic acids is 1. The van der Waals surface area contributed by atoms with Crippen molar-refractivity contribution in [2.45, 2.75) is 37.3 Å². The Kier molecular flexibility index (Phi) is 6.83. The fourth-order valence-electron chi connectivity index (χ4n) is 3.99. The summed E-state index contributed by atoms with van der Waals surface area (Å²) in [5, 5.41) is 18.4. The number of piperazine rings is 1. The molecule has 3 fully saturated rings. The summed E-state index contributed by atoms with van der Waals surface area (Å²) < 4.78 is 72.4. The van der Waals surface area contributed by atoms with Crippen LogP contribution in [-0.4, -0.2) is 62.9 Å². The standard InChI is InChI=1S/C18H17F3N6OS.C2HF3O2/c19-18(20,21)15-13(4-6-29-15)24-17(28)12-8-23-27-5-3-14(25-16(12)27)26-9-10-1-2-11(26)7-22-10;3-2(4,5)1(6)7/h3-6,8,10-11,22H,1-2,7,9H2,(H,24,28);(H,6,7). The minimum absolute atomic E-state index is 0.131. The molecular formula is C20H18F6N6O3S. The molecule has 3 N–H and O–H groups in total. The van der Waals surface area contributed by atoms with Crippen LogP contribution in [0.1, 0.15) is 28.1 Å². The summed E-state index contributed by atoms with van der Waals surface area (Å²) in [5.41, 5.74) is 0.187. The zero-order chi connectivity index (χ0) is 26.3. The van der Waals surface area contributed by atoms with Gasteiger partial charge in [0, 0.05) is 31.4 Å². The SMILES string of the molecule is O=C(Nc1ccsc1C(F)(F)F)c1cnn2ccc(N3CC4CCC3CN4)nc12.O=C(O)C(F)(F)F. The number of amides is 1. The van der Waals surface area contributed by atoms with Gasteiger partial charge in [-0.05, 0) is 30.4 Å². The third-order valence-corrected chi connectivity index (χ3v) is 6.61. The van der Waals surface area contributed by atoms with Gasteiger partial charge in [0.2, 0.25) is 0 Å². The lowest BCUT2D eigenvalue weighted by Gasteiger charge is -2.46. The molecular weight excluding hydrogens is 518 g/mol. The number of piperidine rings is 2. The minimum Gasteiger partial charge on any atom is -0.475 e. The number of aliphatic carboxylic acids is 1.